The van der Waals surface area contributed by atoms with Gasteiger partial charge in [-0.05, 0) is 49.2 Å². The summed E-state index contributed by atoms with van der Waals surface area (Å²) in [5.74, 6) is 0.725. The first-order chi connectivity index (χ1) is 8.13. The van der Waals surface area contributed by atoms with Gasteiger partial charge < -0.3 is 4.74 Å². The van der Waals surface area contributed by atoms with Crippen LogP contribution in [-0.4, -0.2) is 7.11 Å². The highest BCUT2D eigenvalue weighted by Crippen LogP contribution is 2.33. The fourth-order valence-electron chi connectivity index (χ4n) is 1.64. The second-order valence-electron chi connectivity index (χ2n) is 3.91. The van der Waals surface area contributed by atoms with Crippen molar-refractivity contribution in [3.63, 3.8) is 0 Å². The van der Waals surface area contributed by atoms with E-state index in [1.54, 1.807) is 24.5 Å². The number of ether oxygens (including phenoxy) is 1. The molecule has 0 radical (unpaired) electrons. The number of aryl methyl sites for hydroxylation is 2. The van der Waals surface area contributed by atoms with Crippen molar-refractivity contribution in [2.75, 3.05) is 7.11 Å². The smallest absolute Gasteiger partial charge is 0.120 e. The predicted octanol–water partition coefficient (Wildman–Crippen LogP) is 3.91. The Morgan fingerprint density at radius 3 is 2.47 bits per heavy atom. The van der Waals surface area contributed by atoms with Crippen molar-refractivity contribution in [3.8, 4) is 22.3 Å². The maximum absolute atomic E-state index is 8.99. The van der Waals surface area contributed by atoms with Gasteiger partial charge in [-0.1, -0.05) is 0 Å². The lowest BCUT2D eigenvalue weighted by atomic mass is 10.1. The van der Waals surface area contributed by atoms with E-state index in [-0.39, 0.29) is 0 Å². The maximum Gasteiger partial charge on any atom is 0.120 e. The van der Waals surface area contributed by atoms with E-state index in [0.717, 1.165) is 11.3 Å². The van der Waals surface area contributed by atoms with Crippen molar-refractivity contribution in [1.82, 2.24) is 0 Å². The Bertz CT molecular complexity index is 573. The molecule has 0 atom stereocenters. The zero-order valence-corrected chi connectivity index (χ0v) is 10.9. The minimum atomic E-state index is 0.628. The van der Waals surface area contributed by atoms with Gasteiger partial charge in [0, 0.05) is 9.75 Å². The van der Waals surface area contributed by atoms with Gasteiger partial charge in [0.05, 0.1) is 18.7 Å². The Hall–Kier alpha value is -1.79. The standard InChI is InChI=1S/C14H13NOS/c1-9-4-14(17-10(9)2)12-5-11(8-15)6-13(7-12)16-3/h4-7H,1-3H3. The summed E-state index contributed by atoms with van der Waals surface area (Å²) in [6.45, 7) is 4.20. The van der Waals surface area contributed by atoms with Crippen molar-refractivity contribution in [2.24, 2.45) is 0 Å². The molecule has 3 heteroatoms. The van der Waals surface area contributed by atoms with Crippen molar-refractivity contribution >= 4 is 11.3 Å². The van der Waals surface area contributed by atoms with Crippen LogP contribution < -0.4 is 4.74 Å². The Kier molecular flexibility index (Phi) is 3.16. The van der Waals surface area contributed by atoms with Crippen LogP contribution in [0.1, 0.15) is 16.0 Å². The molecule has 0 bridgehead atoms. The number of benzene rings is 1. The SMILES string of the molecule is COc1cc(C#N)cc(-c2cc(C)c(C)s2)c1. The molecule has 0 aliphatic rings. The topological polar surface area (TPSA) is 33.0 Å². The molecule has 1 heterocycles. The molecule has 0 amide bonds. The van der Waals surface area contributed by atoms with Gasteiger partial charge in [-0.3, -0.25) is 0 Å². The third kappa shape index (κ3) is 2.32. The molecule has 0 unspecified atom stereocenters. The molecule has 1 aromatic heterocycles. The molecule has 1 aromatic carbocycles. The van der Waals surface area contributed by atoms with Crippen LogP contribution in [0.15, 0.2) is 24.3 Å². The number of methoxy groups -OCH3 is 1. The molecule has 2 aromatic rings. The highest BCUT2D eigenvalue weighted by Gasteiger charge is 2.07. The first-order valence-corrected chi connectivity index (χ1v) is 6.12. The monoisotopic (exact) mass is 243 g/mol. The van der Waals surface area contributed by atoms with Crippen LogP contribution >= 0.6 is 11.3 Å². The molecule has 0 N–H and O–H groups in total. The summed E-state index contributed by atoms with van der Waals surface area (Å²) < 4.78 is 5.21. The fraction of sp³-hybridized carbons (Fsp3) is 0.214. The molecule has 0 saturated heterocycles. The Morgan fingerprint density at radius 1 is 1.18 bits per heavy atom. The van der Waals surface area contributed by atoms with Crippen molar-refractivity contribution in [2.45, 2.75) is 13.8 Å². The molecular formula is C14H13NOS. The van der Waals surface area contributed by atoms with Crippen LogP contribution in [0.3, 0.4) is 0 Å². The highest BCUT2D eigenvalue weighted by molar-refractivity contribution is 7.15. The Balaban J connectivity index is 2.55. The first-order valence-electron chi connectivity index (χ1n) is 5.30. The minimum absolute atomic E-state index is 0.628. The third-order valence-electron chi connectivity index (χ3n) is 2.72. The van der Waals surface area contributed by atoms with E-state index >= 15 is 0 Å². The summed E-state index contributed by atoms with van der Waals surface area (Å²) in [6.07, 6.45) is 0. The average Bonchev–Trinajstić information content (AvgIpc) is 2.69. The summed E-state index contributed by atoms with van der Waals surface area (Å²) in [5, 5.41) is 8.99. The normalized spacial score (nSPS) is 10.0. The minimum Gasteiger partial charge on any atom is -0.497 e. The quantitative estimate of drug-likeness (QED) is 0.801. The zero-order chi connectivity index (χ0) is 12.4. The Labute approximate surface area is 105 Å². The second-order valence-corrected chi connectivity index (χ2v) is 5.17. The van der Waals surface area contributed by atoms with Crippen LogP contribution in [0.5, 0.6) is 5.75 Å². The lowest BCUT2D eigenvalue weighted by Gasteiger charge is -2.03. The maximum atomic E-state index is 8.99. The number of hydrogen-bond donors (Lipinski definition) is 0. The van der Waals surface area contributed by atoms with Crippen molar-refractivity contribution < 1.29 is 4.74 Å². The zero-order valence-electron chi connectivity index (χ0n) is 10.1. The third-order valence-corrected chi connectivity index (χ3v) is 3.92. The number of nitrogens with zero attached hydrogens (tertiary/aromatic N) is 1. The summed E-state index contributed by atoms with van der Waals surface area (Å²) in [5.41, 5.74) is 2.96. The van der Waals surface area contributed by atoms with E-state index < -0.39 is 0 Å². The molecular weight excluding hydrogens is 230 g/mol. The van der Waals surface area contributed by atoms with Crippen molar-refractivity contribution in [1.29, 1.82) is 5.26 Å². The summed E-state index contributed by atoms with van der Waals surface area (Å²) in [6, 6.07) is 9.91. The lowest BCUT2D eigenvalue weighted by Crippen LogP contribution is -1.85. The lowest BCUT2D eigenvalue weighted by molar-refractivity contribution is 0.415. The van der Waals surface area contributed by atoms with Gasteiger partial charge in [-0.2, -0.15) is 5.26 Å². The van der Waals surface area contributed by atoms with Gasteiger partial charge in [-0.25, -0.2) is 0 Å². The Morgan fingerprint density at radius 2 is 1.94 bits per heavy atom. The van der Waals surface area contributed by atoms with Crippen LogP contribution in [-0.2, 0) is 0 Å². The number of nitriles is 1. The largest absolute Gasteiger partial charge is 0.497 e. The van der Waals surface area contributed by atoms with Crippen LogP contribution in [0.2, 0.25) is 0 Å². The van der Waals surface area contributed by atoms with Gasteiger partial charge in [0.15, 0.2) is 0 Å². The fourth-order valence-corrected chi connectivity index (χ4v) is 2.66. The van der Waals surface area contributed by atoms with Gasteiger partial charge in [-0.15, -0.1) is 11.3 Å². The molecule has 0 spiro atoms. The average molecular weight is 243 g/mol. The molecule has 17 heavy (non-hydrogen) atoms. The molecule has 0 saturated carbocycles. The van der Waals surface area contributed by atoms with Crippen molar-refractivity contribution in [3.05, 3.63) is 40.3 Å². The molecule has 0 aliphatic heterocycles. The molecule has 2 rings (SSSR count). The second kappa shape index (κ2) is 4.60. The van der Waals surface area contributed by atoms with Gasteiger partial charge in [0.2, 0.25) is 0 Å². The predicted molar refractivity (Wildman–Crippen MR) is 70.5 cm³/mol. The van der Waals surface area contributed by atoms with E-state index in [1.165, 1.54) is 15.3 Å². The number of rotatable bonds is 2. The molecule has 2 nitrogen and oxygen atoms in total. The molecule has 0 fully saturated rings. The van der Waals surface area contributed by atoms with Gasteiger partial charge in [0.1, 0.15) is 5.75 Å². The first kappa shape index (κ1) is 11.7. The highest BCUT2D eigenvalue weighted by atomic mass is 32.1. The molecule has 0 aliphatic carbocycles. The van der Waals surface area contributed by atoms with Crippen LogP contribution in [0, 0.1) is 25.2 Å². The molecule has 86 valence electrons. The number of hydrogen-bond acceptors (Lipinski definition) is 3. The number of thiophene rings is 1. The van der Waals surface area contributed by atoms with E-state index in [9.17, 15) is 0 Å². The van der Waals surface area contributed by atoms with E-state index in [4.69, 9.17) is 10.00 Å². The van der Waals surface area contributed by atoms with Gasteiger partial charge in [0.25, 0.3) is 0 Å². The van der Waals surface area contributed by atoms with E-state index in [0.29, 0.717) is 5.56 Å². The summed E-state index contributed by atoms with van der Waals surface area (Å²) in [7, 11) is 1.62. The van der Waals surface area contributed by atoms with E-state index in [2.05, 4.69) is 26.0 Å². The van der Waals surface area contributed by atoms with Crippen LogP contribution in [0.25, 0.3) is 10.4 Å². The van der Waals surface area contributed by atoms with Gasteiger partial charge >= 0.3 is 0 Å². The summed E-state index contributed by atoms with van der Waals surface area (Å²) >= 11 is 1.74. The van der Waals surface area contributed by atoms with Crippen LogP contribution in [0.4, 0.5) is 0 Å². The van der Waals surface area contributed by atoms with E-state index in [1.807, 2.05) is 12.1 Å². The summed E-state index contributed by atoms with van der Waals surface area (Å²) in [4.78, 5) is 2.48.